The molecule has 0 radical (unpaired) electrons. The molecule has 65 heavy (non-hydrogen) atoms. The Bertz CT molecular complexity index is 2430. The van der Waals surface area contributed by atoms with Crippen LogP contribution in [0.3, 0.4) is 0 Å². The number of anilines is 3. The number of likely N-dealkylation sites (tertiary alicyclic amines) is 1. The van der Waals surface area contributed by atoms with Gasteiger partial charge in [-0.15, -0.1) is 0 Å². The van der Waals surface area contributed by atoms with Crippen molar-refractivity contribution in [2.75, 3.05) is 48.7 Å². The van der Waals surface area contributed by atoms with Crippen LogP contribution >= 0.6 is 0 Å². The molecule has 20 heteroatoms. The number of halogens is 2. The van der Waals surface area contributed by atoms with Gasteiger partial charge in [-0.2, -0.15) is 10.2 Å². The number of alkyl halides is 2. The fourth-order valence-electron chi connectivity index (χ4n) is 10.0. The highest BCUT2D eigenvalue weighted by Crippen LogP contribution is 2.36. The summed E-state index contributed by atoms with van der Waals surface area (Å²) in [5, 5.41) is 30.3. The lowest BCUT2D eigenvalue weighted by Gasteiger charge is -2.36. The fourth-order valence-corrected chi connectivity index (χ4v) is 10.0. The van der Waals surface area contributed by atoms with E-state index in [0.717, 1.165) is 82.3 Å². The molecule has 0 spiro atoms. The van der Waals surface area contributed by atoms with Crippen LogP contribution in [0.4, 0.5) is 26.0 Å². The maximum atomic E-state index is 14.3. The molecule has 3 atom stereocenters. The summed E-state index contributed by atoms with van der Waals surface area (Å²) in [6.07, 6.45) is 10.9. The van der Waals surface area contributed by atoms with Gasteiger partial charge in [-0.1, -0.05) is 18.9 Å². The number of carbonyl (C=O) groups is 5. The van der Waals surface area contributed by atoms with Crippen LogP contribution in [-0.2, 0) is 14.3 Å². The first-order valence-corrected chi connectivity index (χ1v) is 22.9. The number of rotatable bonds is 15. The molecule has 3 aromatic heterocycles. The number of aromatic nitrogens is 5. The third-order valence-electron chi connectivity index (χ3n) is 13.6. The van der Waals surface area contributed by atoms with Crippen molar-refractivity contribution in [2.45, 2.75) is 120 Å². The van der Waals surface area contributed by atoms with Gasteiger partial charge < -0.3 is 30.7 Å². The Hall–Kier alpha value is -5.86. The van der Waals surface area contributed by atoms with Crippen molar-refractivity contribution in [3.05, 3.63) is 65.2 Å². The van der Waals surface area contributed by atoms with E-state index in [9.17, 15) is 37.9 Å². The molecule has 2 saturated carbocycles. The van der Waals surface area contributed by atoms with Gasteiger partial charge in [-0.3, -0.25) is 38.9 Å². The summed E-state index contributed by atoms with van der Waals surface area (Å²) < 4.78 is 37.8. The van der Waals surface area contributed by atoms with Crippen LogP contribution in [0, 0.1) is 5.92 Å². The quantitative estimate of drug-likeness (QED) is 0.0790. The third kappa shape index (κ3) is 9.60. The number of aliphatic hydroxyl groups excluding tert-OH is 1. The van der Waals surface area contributed by atoms with E-state index in [-0.39, 0.29) is 59.1 Å². The zero-order chi connectivity index (χ0) is 45.2. The zero-order valence-corrected chi connectivity index (χ0v) is 36.1. The number of imide groups is 2. The van der Waals surface area contributed by atoms with Crippen LogP contribution in [-0.4, -0.2) is 126 Å². The first-order valence-electron chi connectivity index (χ1n) is 22.9. The SMILES string of the molecule is O=C1CCC(N2C(=O)c3cccc(NCCCOC4CCN(C[C@H]5CC[C@H](n6cc(NC(=O)c7cnn8ccc(N[C@@H]9CCCC[C@@H]9O)nc78)c(C(F)F)n6)CC5)CC4)c3C2=O)C(=O)N1. The molecule has 1 aromatic carbocycles. The van der Waals surface area contributed by atoms with Gasteiger partial charge in [0.1, 0.15) is 17.4 Å². The molecule has 4 aromatic rings. The molecule has 346 valence electrons. The van der Waals surface area contributed by atoms with E-state index in [1.54, 1.807) is 35.1 Å². The molecule has 5 N–H and O–H groups in total. The minimum absolute atomic E-state index is 0.0407. The molecule has 9 rings (SSSR count). The molecular weight excluding hydrogens is 845 g/mol. The number of ether oxygens (including phenoxy) is 1. The zero-order valence-electron chi connectivity index (χ0n) is 36.1. The van der Waals surface area contributed by atoms with Crippen molar-refractivity contribution in [1.29, 1.82) is 0 Å². The number of piperidine rings is 2. The van der Waals surface area contributed by atoms with Crippen LogP contribution in [0.5, 0.6) is 0 Å². The highest BCUT2D eigenvalue weighted by Gasteiger charge is 2.45. The maximum absolute atomic E-state index is 14.3. The van der Waals surface area contributed by atoms with Gasteiger partial charge in [-0.25, -0.2) is 18.3 Å². The van der Waals surface area contributed by atoms with E-state index in [1.165, 1.54) is 16.9 Å². The van der Waals surface area contributed by atoms with E-state index in [1.807, 2.05) is 0 Å². The van der Waals surface area contributed by atoms with Crippen LogP contribution in [0.1, 0.15) is 133 Å². The van der Waals surface area contributed by atoms with E-state index in [2.05, 4.69) is 41.3 Å². The minimum Gasteiger partial charge on any atom is -0.391 e. The second kappa shape index (κ2) is 19.3. The minimum atomic E-state index is -2.89. The monoisotopic (exact) mass is 899 g/mol. The second-order valence-electron chi connectivity index (χ2n) is 17.9. The molecule has 1 unspecified atom stereocenters. The van der Waals surface area contributed by atoms with Gasteiger partial charge in [0.25, 0.3) is 24.1 Å². The molecule has 5 aliphatic rings. The van der Waals surface area contributed by atoms with E-state index in [4.69, 9.17) is 4.74 Å². The van der Waals surface area contributed by atoms with Gasteiger partial charge >= 0.3 is 0 Å². The van der Waals surface area contributed by atoms with Gasteiger partial charge in [0.2, 0.25) is 11.8 Å². The average Bonchev–Trinajstić information content (AvgIpc) is 3.99. The Morgan fingerprint density at radius 1 is 0.954 bits per heavy atom. The molecule has 5 amide bonds. The highest BCUT2D eigenvalue weighted by atomic mass is 19.3. The van der Waals surface area contributed by atoms with E-state index >= 15 is 0 Å². The topological polar surface area (TPSA) is 217 Å². The predicted octanol–water partition coefficient (Wildman–Crippen LogP) is 4.95. The lowest BCUT2D eigenvalue weighted by Crippen LogP contribution is -2.54. The number of hydrogen-bond acceptors (Lipinski definition) is 13. The predicted molar refractivity (Wildman–Crippen MR) is 233 cm³/mol. The molecule has 3 aliphatic heterocycles. The first kappa shape index (κ1) is 44.3. The summed E-state index contributed by atoms with van der Waals surface area (Å²) in [7, 11) is 0. The van der Waals surface area contributed by atoms with E-state index < -0.39 is 53.8 Å². The molecule has 6 heterocycles. The van der Waals surface area contributed by atoms with Crippen molar-refractivity contribution >= 4 is 52.4 Å². The summed E-state index contributed by atoms with van der Waals surface area (Å²) in [4.78, 5) is 72.1. The molecule has 2 aliphatic carbocycles. The van der Waals surface area contributed by atoms with Crippen LogP contribution in [0.15, 0.2) is 42.9 Å². The number of nitrogens with one attached hydrogen (secondary N) is 4. The van der Waals surface area contributed by atoms with Crippen molar-refractivity contribution in [3.8, 4) is 0 Å². The average molecular weight is 900 g/mol. The smallest absolute Gasteiger partial charge is 0.284 e. The summed E-state index contributed by atoms with van der Waals surface area (Å²) in [6.45, 7) is 3.84. The number of nitrogens with zero attached hydrogens (tertiary/aromatic N) is 7. The van der Waals surface area contributed by atoms with Crippen LogP contribution in [0.2, 0.25) is 0 Å². The standard InChI is InChI=1S/C45H55F2N11O7/c46-40(47)39-33(51-42(61)30-23-49-56-21-17-36(52-41(30)56)50-31-6-1-2-8-35(31)59)25-57(54-39)27-11-9-26(10-12-27)24-55-19-15-28(16-20-55)65-22-4-18-48-32-7-3-5-29-38(32)45(64)58(44(29)63)34-13-14-37(60)53-43(34)62/h3,5,7,17,21,23,25-28,31,34-35,40,48,59H,1-2,4,6,8-16,18-20,22,24H2,(H,50,52)(H,51,61)(H,53,60,62)/t26-,27-,31-,34?,35+/m1/s1. The number of fused-ring (bicyclic) bond motifs is 2. The molecule has 2 saturated heterocycles. The number of amides is 5. The number of hydrogen-bond donors (Lipinski definition) is 5. The Labute approximate surface area is 373 Å². The molecule has 4 fully saturated rings. The van der Waals surface area contributed by atoms with Crippen LogP contribution in [0.25, 0.3) is 5.65 Å². The summed E-state index contributed by atoms with van der Waals surface area (Å²) in [6, 6.07) is 5.50. The van der Waals surface area contributed by atoms with Crippen molar-refractivity contribution < 1.29 is 42.6 Å². The van der Waals surface area contributed by atoms with Gasteiger partial charge in [0.05, 0.1) is 47.3 Å². The van der Waals surface area contributed by atoms with Crippen molar-refractivity contribution in [3.63, 3.8) is 0 Å². The highest BCUT2D eigenvalue weighted by molar-refractivity contribution is 6.25. The number of aliphatic hydroxyl groups is 1. The normalized spacial score (nSPS) is 24.4. The first-order chi connectivity index (χ1) is 31.5. The Morgan fingerprint density at radius 2 is 1.75 bits per heavy atom. The third-order valence-corrected chi connectivity index (χ3v) is 13.6. The number of benzene rings is 1. The molecular formula is C45H55F2N11O7. The van der Waals surface area contributed by atoms with Crippen molar-refractivity contribution in [2.24, 2.45) is 5.92 Å². The van der Waals surface area contributed by atoms with Crippen molar-refractivity contribution in [1.82, 2.24) is 39.5 Å². The lowest BCUT2D eigenvalue weighted by atomic mass is 9.85. The second-order valence-corrected chi connectivity index (χ2v) is 17.9. The maximum Gasteiger partial charge on any atom is 0.284 e. The summed E-state index contributed by atoms with van der Waals surface area (Å²) in [5.74, 6) is -1.80. The Balaban J connectivity index is 0.702. The molecule has 0 bridgehead atoms. The van der Waals surface area contributed by atoms with Crippen LogP contribution < -0.4 is 21.3 Å². The molecule has 18 nitrogen and oxygen atoms in total. The Kier molecular flexibility index (Phi) is 13.2. The largest absolute Gasteiger partial charge is 0.391 e. The summed E-state index contributed by atoms with van der Waals surface area (Å²) in [5.41, 5.74) is 0.867. The lowest BCUT2D eigenvalue weighted by molar-refractivity contribution is -0.136. The van der Waals surface area contributed by atoms with Gasteiger partial charge in [0, 0.05) is 57.3 Å². The fraction of sp³-hybridized carbons (Fsp3) is 0.556. The number of carbonyl (C=O) groups excluding carboxylic acids is 5. The van der Waals surface area contributed by atoms with E-state index in [0.29, 0.717) is 43.4 Å². The van der Waals surface area contributed by atoms with Gasteiger partial charge in [0.15, 0.2) is 11.3 Å². The Morgan fingerprint density at radius 3 is 2.52 bits per heavy atom. The summed E-state index contributed by atoms with van der Waals surface area (Å²) >= 11 is 0. The van der Waals surface area contributed by atoms with Gasteiger partial charge in [-0.05, 0) is 88.3 Å².